The number of amides is 3. The Labute approximate surface area is 173 Å². The van der Waals surface area contributed by atoms with Gasteiger partial charge in [-0.2, -0.15) is 0 Å². The smallest absolute Gasteiger partial charge is 0.279 e. The summed E-state index contributed by atoms with van der Waals surface area (Å²) in [5, 5.41) is 0. The molecular weight excluding hydrogens is 389 g/mol. The highest BCUT2D eigenvalue weighted by Crippen LogP contribution is 2.32. The topological polar surface area (TPSA) is 87.7 Å². The fourth-order valence-electron chi connectivity index (χ4n) is 3.14. The van der Waals surface area contributed by atoms with Crippen LogP contribution in [-0.4, -0.2) is 28.7 Å². The third kappa shape index (κ3) is 5.02. The minimum atomic E-state index is -0.914. The molecule has 0 saturated carbocycles. The molecule has 3 rings (SSSR count). The lowest BCUT2D eigenvalue weighted by molar-refractivity contribution is -0.134. The van der Waals surface area contributed by atoms with Crippen LogP contribution in [0.15, 0.2) is 54.7 Å². The van der Waals surface area contributed by atoms with Crippen LogP contribution in [0.2, 0.25) is 0 Å². The lowest BCUT2D eigenvalue weighted by Gasteiger charge is -2.32. The second-order valence-electron chi connectivity index (χ2n) is 6.84. The average Bonchev–Trinajstić information content (AvgIpc) is 2.73. The van der Waals surface area contributed by atoms with Gasteiger partial charge in [0, 0.05) is 13.1 Å². The Morgan fingerprint density at radius 1 is 1.10 bits per heavy atom. The number of ether oxygens (including phenoxy) is 1. The van der Waals surface area contributed by atoms with Gasteiger partial charge >= 0.3 is 0 Å². The van der Waals surface area contributed by atoms with E-state index in [1.165, 1.54) is 43.0 Å². The molecule has 1 aliphatic heterocycles. The number of fused-ring (bicyclic) bond motifs is 1. The predicted molar refractivity (Wildman–Crippen MR) is 108 cm³/mol. The van der Waals surface area contributed by atoms with Gasteiger partial charge in [0.05, 0.1) is 12.5 Å². The van der Waals surface area contributed by atoms with Crippen molar-refractivity contribution in [2.75, 3.05) is 0 Å². The highest BCUT2D eigenvalue weighted by molar-refractivity contribution is 5.86. The third-order valence-corrected chi connectivity index (χ3v) is 4.67. The largest absolute Gasteiger partial charge is 0.481 e. The summed E-state index contributed by atoms with van der Waals surface area (Å²) < 4.78 is 18.4. The number of hydrogen-bond donors (Lipinski definition) is 2. The third-order valence-electron chi connectivity index (χ3n) is 4.67. The molecule has 3 amide bonds. The molecule has 0 fully saturated rings. The van der Waals surface area contributed by atoms with E-state index in [1.54, 1.807) is 6.20 Å². The minimum Gasteiger partial charge on any atom is -0.481 e. The van der Waals surface area contributed by atoms with Gasteiger partial charge in [-0.05, 0) is 48.4 Å². The molecule has 2 N–H and O–H groups in total. The Hall–Kier alpha value is -3.68. The van der Waals surface area contributed by atoms with Crippen molar-refractivity contribution >= 4 is 23.8 Å². The van der Waals surface area contributed by atoms with Gasteiger partial charge in [-0.1, -0.05) is 24.3 Å². The van der Waals surface area contributed by atoms with Crippen molar-refractivity contribution in [1.82, 2.24) is 15.8 Å². The zero-order valence-corrected chi connectivity index (χ0v) is 16.6. The predicted octanol–water partition coefficient (Wildman–Crippen LogP) is 2.70. The SMILES string of the molecule is CC(=O)N1C=Cc2ccccc2[C@@H]1CC(=O)NNC(=O)[C@@H](C)Oc1ccc(F)cc1. The average molecular weight is 411 g/mol. The number of nitrogens with one attached hydrogen (secondary N) is 2. The van der Waals surface area contributed by atoms with Gasteiger partial charge in [0.25, 0.3) is 5.91 Å². The summed E-state index contributed by atoms with van der Waals surface area (Å²) in [6, 6.07) is 12.3. The lowest BCUT2D eigenvalue weighted by atomic mass is 9.93. The molecule has 8 heteroatoms. The number of hydrogen-bond acceptors (Lipinski definition) is 4. The first-order valence-corrected chi connectivity index (χ1v) is 9.42. The molecule has 1 aliphatic rings. The molecule has 30 heavy (non-hydrogen) atoms. The van der Waals surface area contributed by atoms with Gasteiger partial charge in [-0.15, -0.1) is 0 Å². The maximum absolute atomic E-state index is 12.9. The molecule has 0 radical (unpaired) electrons. The van der Waals surface area contributed by atoms with Gasteiger partial charge < -0.3 is 9.64 Å². The van der Waals surface area contributed by atoms with Crippen molar-refractivity contribution in [3.05, 3.63) is 71.7 Å². The van der Waals surface area contributed by atoms with Crippen molar-refractivity contribution in [3.8, 4) is 5.75 Å². The molecule has 1 heterocycles. The summed E-state index contributed by atoms with van der Waals surface area (Å²) in [5.41, 5.74) is 6.45. The van der Waals surface area contributed by atoms with Crippen LogP contribution >= 0.6 is 0 Å². The number of hydrazine groups is 1. The van der Waals surface area contributed by atoms with Crippen LogP contribution in [0, 0.1) is 5.82 Å². The van der Waals surface area contributed by atoms with Gasteiger partial charge in [0.1, 0.15) is 11.6 Å². The lowest BCUT2D eigenvalue weighted by Crippen LogP contribution is -2.48. The van der Waals surface area contributed by atoms with E-state index < -0.39 is 29.8 Å². The molecule has 0 saturated heterocycles. The van der Waals surface area contributed by atoms with Crippen LogP contribution in [0.25, 0.3) is 6.08 Å². The minimum absolute atomic E-state index is 0.0333. The van der Waals surface area contributed by atoms with E-state index in [4.69, 9.17) is 4.74 Å². The Bertz CT molecular complexity index is 975. The first-order valence-electron chi connectivity index (χ1n) is 9.42. The number of carbonyl (C=O) groups excluding carboxylic acids is 3. The number of halogens is 1. The van der Waals surface area contributed by atoms with Gasteiger partial charge in [-0.3, -0.25) is 25.2 Å². The Morgan fingerprint density at radius 2 is 1.80 bits per heavy atom. The van der Waals surface area contributed by atoms with Gasteiger partial charge in [-0.25, -0.2) is 4.39 Å². The van der Waals surface area contributed by atoms with E-state index in [-0.39, 0.29) is 12.3 Å². The number of rotatable bonds is 5. The van der Waals surface area contributed by atoms with Crippen LogP contribution < -0.4 is 15.6 Å². The van der Waals surface area contributed by atoms with Crippen LogP contribution in [0.1, 0.15) is 37.4 Å². The normalized spacial score (nSPS) is 15.7. The van der Waals surface area contributed by atoms with E-state index in [0.717, 1.165) is 11.1 Å². The highest BCUT2D eigenvalue weighted by atomic mass is 19.1. The zero-order chi connectivity index (χ0) is 21.7. The zero-order valence-electron chi connectivity index (χ0n) is 16.6. The van der Waals surface area contributed by atoms with E-state index in [9.17, 15) is 18.8 Å². The Balaban J connectivity index is 1.57. The summed E-state index contributed by atoms with van der Waals surface area (Å²) in [4.78, 5) is 38.1. The highest BCUT2D eigenvalue weighted by Gasteiger charge is 2.28. The first-order chi connectivity index (χ1) is 14.3. The molecule has 0 unspecified atom stereocenters. The van der Waals surface area contributed by atoms with E-state index in [0.29, 0.717) is 5.75 Å². The molecule has 2 aromatic rings. The van der Waals surface area contributed by atoms with Crippen molar-refractivity contribution in [3.63, 3.8) is 0 Å². The molecule has 2 atom stereocenters. The molecule has 0 bridgehead atoms. The van der Waals surface area contributed by atoms with Crippen LogP contribution in [0.4, 0.5) is 4.39 Å². The maximum atomic E-state index is 12.9. The van der Waals surface area contributed by atoms with Gasteiger partial charge in [0.2, 0.25) is 11.8 Å². The second kappa shape index (κ2) is 9.21. The van der Waals surface area contributed by atoms with Crippen molar-refractivity contribution < 1.29 is 23.5 Å². The Morgan fingerprint density at radius 3 is 2.50 bits per heavy atom. The summed E-state index contributed by atoms with van der Waals surface area (Å²) in [6.07, 6.45) is 2.53. The van der Waals surface area contributed by atoms with Crippen molar-refractivity contribution in [2.24, 2.45) is 0 Å². The molecule has 7 nitrogen and oxygen atoms in total. The van der Waals surface area contributed by atoms with Crippen molar-refractivity contribution in [2.45, 2.75) is 32.4 Å². The first kappa shape index (κ1) is 21.0. The summed E-state index contributed by atoms with van der Waals surface area (Å²) >= 11 is 0. The summed E-state index contributed by atoms with van der Waals surface area (Å²) in [7, 11) is 0. The van der Waals surface area contributed by atoms with Crippen LogP contribution in [-0.2, 0) is 14.4 Å². The van der Waals surface area contributed by atoms with Gasteiger partial charge in [0.15, 0.2) is 6.10 Å². The molecular formula is C22H22FN3O4. The number of nitrogens with zero attached hydrogens (tertiary/aromatic N) is 1. The quantitative estimate of drug-likeness (QED) is 0.741. The fraction of sp³-hybridized carbons (Fsp3) is 0.227. The number of benzene rings is 2. The standard InChI is InChI=1S/C22H22FN3O4/c1-14(30-18-9-7-17(23)8-10-18)22(29)25-24-21(28)13-20-19-6-4-3-5-16(19)11-12-26(20)15(2)27/h3-12,14,20H,13H2,1-2H3,(H,24,28)(H,25,29)/t14-,20+/m1/s1. The van der Waals surface area contributed by atoms with Crippen LogP contribution in [0.5, 0.6) is 5.75 Å². The summed E-state index contributed by atoms with van der Waals surface area (Å²) in [6.45, 7) is 2.93. The van der Waals surface area contributed by atoms with E-state index in [2.05, 4.69) is 10.9 Å². The van der Waals surface area contributed by atoms with Crippen molar-refractivity contribution in [1.29, 1.82) is 0 Å². The van der Waals surface area contributed by atoms with E-state index in [1.807, 2.05) is 30.3 Å². The van der Waals surface area contributed by atoms with E-state index >= 15 is 0 Å². The fourth-order valence-corrected chi connectivity index (χ4v) is 3.14. The second-order valence-corrected chi connectivity index (χ2v) is 6.84. The number of carbonyl (C=O) groups is 3. The molecule has 0 aromatic heterocycles. The Kier molecular flexibility index (Phi) is 6.46. The summed E-state index contributed by atoms with van der Waals surface area (Å²) in [5.74, 6) is -1.30. The molecule has 0 aliphatic carbocycles. The molecule has 156 valence electrons. The molecule has 0 spiro atoms. The van der Waals surface area contributed by atoms with Crippen LogP contribution in [0.3, 0.4) is 0 Å². The monoisotopic (exact) mass is 411 g/mol. The molecule has 2 aromatic carbocycles. The maximum Gasteiger partial charge on any atom is 0.279 e.